The van der Waals surface area contributed by atoms with Crippen molar-refractivity contribution in [3.05, 3.63) is 35.0 Å². The van der Waals surface area contributed by atoms with Gasteiger partial charge >= 0.3 is 0 Å². The summed E-state index contributed by atoms with van der Waals surface area (Å²) in [5.74, 6) is -0.00852. The Kier molecular flexibility index (Phi) is 4.14. The van der Waals surface area contributed by atoms with Gasteiger partial charge in [-0.3, -0.25) is 4.79 Å². The molecule has 0 aliphatic heterocycles. The average Bonchev–Trinajstić information content (AvgIpc) is 2.70. The molecule has 0 bridgehead atoms. The molecule has 0 aliphatic rings. The Labute approximate surface area is 119 Å². The van der Waals surface area contributed by atoms with E-state index in [1.807, 2.05) is 25.1 Å². The topological polar surface area (TPSA) is 56.3 Å². The lowest BCUT2D eigenvalue weighted by molar-refractivity contribution is 0.0769. The number of aromatic amines is 1. The third-order valence-electron chi connectivity index (χ3n) is 3.78. The molecule has 0 spiro atoms. The SMILES string of the molecule is Cc1[nH]c2ccc(C(=O)N(C)CCC(C)O)cc2c1C. The molecule has 20 heavy (non-hydrogen) atoms. The molecule has 2 rings (SSSR count). The van der Waals surface area contributed by atoms with Gasteiger partial charge < -0.3 is 15.0 Å². The number of aliphatic hydroxyl groups excluding tert-OH is 1. The highest BCUT2D eigenvalue weighted by atomic mass is 16.3. The number of carbonyl (C=O) groups is 1. The zero-order valence-electron chi connectivity index (χ0n) is 12.5. The Balaban J connectivity index is 2.24. The first-order valence-corrected chi connectivity index (χ1v) is 6.92. The second kappa shape index (κ2) is 5.67. The predicted octanol–water partition coefficient (Wildman–Crippen LogP) is 2.63. The summed E-state index contributed by atoms with van der Waals surface area (Å²) in [6, 6.07) is 5.74. The van der Waals surface area contributed by atoms with Gasteiger partial charge in [-0.15, -0.1) is 0 Å². The summed E-state index contributed by atoms with van der Waals surface area (Å²) in [5, 5.41) is 10.4. The van der Waals surface area contributed by atoms with Gasteiger partial charge in [0.2, 0.25) is 0 Å². The Morgan fingerprint density at radius 3 is 2.75 bits per heavy atom. The summed E-state index contributed by atoms with van der Waals surface area (Å²) in [6.45, 7) is 6.38. The van der Waals surface area contributed by atoms with Crippen LogP contribution in [0.5, 0.6) is 0 Å². The molecule has 4 nitrogen and oxygen atoms in total. The second-order valence-corrected chi connectivity index (χ2v) is 5.50. The van der Waals surface area contributed by atoms with Crippen LogP contribution < -0.4 is 0 Å². The third-order valence-corrected chi connectivity index (χ3v) is 3.78. The van der Waals surface area contributed by atoms with Crippen LogP contribution in [0.15, 0.2) is 18.2 Å². The van der Waals surface area contributed by atoms with Gasteiger partial charge in [-0.2, -0.15) is 0 Å². The minimum absolute atomic E-state index is 0.00852. The van der Waals surface area contributed by atoms with Crippen LogP contribution in [0.25, 0.3) is 10.9 Å². The summed E-state index contributed by atoms with van der Waals surface area (Å²) in [4.78, 5) is 17.3. The zero-order chi connectivity index (χ0) is 14.9. The first-order chi connectivity index (χ1) is 9.40. The molecule has 0 saturated carbocycles. The van der Waals surface area contributed by atoms with Gasteiger partial charge in [-0.05, 0) is 51.0 Å². The van der Waals surface area contributed by atoms with E-state index < -0.39 is 0 Å². The van der Waals surface area contributed by atoms with Crippen molar-refractivity contribution in [1.29, 1.82) is 0 Å². The lowest BCUT2D eigenvalue weighted by Crippen LogP contribution is -2.29. The van der Waals surface area contributed by atoms with Gasteiger partial charge in [0.15, 0.2) is 0 Å². The van der Waals surface area contributed by atoms with E-state index >= 15 is 0 Å². The molecule has 0 fully saturated rings. The highest BCUT2D eigenvalue weighted by Crippen LogP contribution is 2.22. The summed E-state index contributed by atoms with van der Waals surface area (Å²) in [6.07, 6.45) is 0.203. The first kappa shape index (κ1) is 14.6. The molecule has 1 heterocycles. The number of hydrogen-bond donors (Lipinski definition) is 2. The Bertz CT molecular complexity index is 629. The van der Waals surface area contributed by atoms with Gasteiger partial charge in [0, 0.05) is 35.8 Å². The van der Waals surface area contributed by atoms with Gasteiger partial charge in [0.25, 0.3) is 5.91 Å². The summed E-state index contributed by atoms with van der Waals surface area (Å²) >= 11 is 0. The molecule has 0 saturated heterocycles. The minimum Gasteiger partial charge on any atom is -0.393 e. The number of aryl methyl sites for hydroxylation is 2. The van der Waals surface area contributed by atoms with E-state index in [1.165, 1.54) is 5.56 Å². The van der Waals surface area contributed by atoms with Crippen LogP contribution in [0.1, 0.15) is 35.0 Å². The quantitative estimate of drug-likeness (QED) is 0.900. The van der Waals surface area contributed by atoms with Crippen LogP contribution in [-0.2, 0) is 0 Å². The van der Waals surface area contributed by atoms with Crippen molar-refractivity contribution in [3.63, 3.8) is 0 Å². The molecule has 1 amide bonds. The number of fused-ring (bicyclic) bond motifs is 1. The van der Waals surface area contributed by atoms with Crippen LogP contribution >= 0.6 is 0 Å². The highest BCUT2D eigenvalue weighted by molar-refractivity contribution is 5.98. The van der Waals surface area contributed by atoms with Crippen molar-refractivity contribution < 1.29 is 9.90 Å². The van der Waals surface area contributed by atoms with Crippen molar-refractivity contribution in [2.75, 3.05) is 13.6 Å². The second-order valence-electron chi connectivity index (χ2n) is 5.50. The van der Waals surface area contributed by atoms with Crippen LogP contribution in [0, 0.1) is 13.8 Å². The molecular formula is C16H22N2O2. The molecule has 1 atom stereocenters. The van der Waals surface area contributed by atoms with E-state index in [0.29, 0.717) is 18.5 Å². The Morgan fingerprint density at radius 1 is 1.40 bits per heavy atom. The first-order valence-electron chi connectivity index (χ1n) is 6.92. The van der Waals surface area contributed by atoms with Crippen molar-refractivity contribution in [2.45, 2.75) is 33.3 Å². The zero-order valence-corrected chi connectivity index (χ0v) is 12.5. The van der Waals surface area contributed by atoms with E-state index in [4.69, 9.17) is 0 Å². The van der Waals surface area contributed by atoms with E-state index in [0.717, 1.165) is 16.6 Å². The van der Waals surface area contributed by atoms with Gasteiger partial charge in [0.05, 0.1) is 6.10 Å². The van der Waals surface area contributed by atoms with E-state index in [9.17, 15) is 9.90 Å². The van der Waals surface area contributed by atoms with Crippen LogP contribution in [0.3, 0.4) is 0 Å². The van der Waals surface area contributed by atoms with Crippen molar-refractivity contribution in [1.82, 2.24) is 9.88 Å². The largest absolute Gasteiger partial charge is 0.393 e. The van der Waals surface area contributed by atoms with E-state index in [-0.39, 0.29) is 12.0 Å². The number of hydrogen-bond acceptors (Lipinski definition) is 2. The molecule has 2 aromatic rings. The number of aromatic nitrogens is 1. The molecule has 1 aromatic carbocycles. The number of benzene rings is 1. The fourth-order valence-electron chi connectivity index (χ4n) is 2.30. The van der Waals surface area contributed by atoms with Crippen molar-refractivity contribution in [3.8, 4) is 0 Å². The van der Waals surface area contributed by atoms with Crippen LogP contribution in [0.4, 0.5) is 0 Å². The standard InChI is InChI=1S/C16H22N2O2/c1-10(19)7-8-18(4)16(20)13-5-6-15-14(9-13)11(2)12(3)17-15/h5-6,9-10,17,19H,7-8H2,1-4H3. The minimum atomic E-state index is -0.387. The van der Waals surface area contributed by atoms with Gasteiger partial charge in [0.1, 0.15) is 0 Å². The molecule has 0 aliphatic carbocycles. The fourth-order valence-corrected chi connectivity index (χ4v) is 2.30. The highest BCUT2D eigenvalue weighted by Gasteiger charge is 2.14. The van der Waals surface area contributed by atoms with Crippen molar-refractivity contribution >= 4 is 16.8 Å². The van der Waals surface area contributed by atoms with Crippen LogP contribution in [0.2, 0.25) is 0 Å². The number of aliphatic hydroxyl groups is 1. The van der Waals surface area contributed by atoms with Gasteiger partial charge in [-0.25, -0.2) is 0 Å². The normalized spacial score (nSPS) is 12.7. The number of H-pyrrole nitrogens is 1. The van der Waals surface area contributed by atoms with E-state index in [1.54, 1.807) is 18.9 Å². The number of nitrogens with zero attached hydrogens (tertiary/aromatic N) is 1. The number of amides is 1. The molecule has 1 unspecified atom stereocenters. The molecule has 4 heteroatoms. The smallest absolute Gasteiger partial charge is 0.253 e. The fraction of sp³-hybridized carbons (Fsp3) is 0.438. The molecule has 1 aromatic heterocycles. The summed E-state index contributed by atoms with van der Waals surface area (Å²) in [5.41, 5.74) is 4.06. The molecular weight excluding hydrogens is 252 g/mol. The van der Waals surface area contributed by atoms with Crippen LogP contribution in [-0.4, -0.2) is 40.6 Å². The summed E-state index contributed by atoms with van der Waals surface area (Å²) < 4.78 is 0. The number of carbonyl (C=O) groups excluding carboxylic acids is 1. The van der Waals surface area contributed by atoms with E-state index in [2.05, 4.69) is 11.9 Å². The maximum atomic E-state index is 12.4. The lowest BCUT2D eigenvalue weighted by atomic mass is 10.1. The van der Waals surface area contributed by atoms with Gasteiger partial charge in [-0.1, -0.05) is 0 Å². The Hall–Kier alpha value is -1.81. The number of nitrogens with one attached hydrogen (secondary N) is 1. The third kappa shape index (κ3) is 2.85. The molecule has 0 radical (unpaired) electrons. The monoisotopic (exact) mass is 274 g/mol. The number of rotatable bonds is 4. The maximum absolute atomic E-state index is 12.4. The summed E-state index contributed by atoms with van der Waals surface area (Å²) in [7, 11) is 1.77. The molecule has 108 valence electrons. The maximum Gasteiger partial charge on any atom is 0.253 e. The lowest BCUT2D eigenvalue weighted by Gasteiger charge is -2.18. The predicted molar refractivity (Wildman–Crippen MR) is 81.0 cm³/mol. The Morgan fingerprint density at radius 2 is 2.10 bits per heavy atom. The molecule has 2 N–H and O–H groups in total. The van der Waals surface area contributed by atoms with Crippen molar-refractivity contribution in [2.24, 2.45) is 0 Å². The average molecular weight is 274 g/mol.